The second-order valence-corrected chi connectivity index (χ2v) is 4.62. The SMILES string of the molecule is CC(O)C(c1ccccc1)c1ccc(Cl)cc1. The Morgan fingerprint density at radius 1 is 0.882 bits per heavy atom. The third-order valence-electron chi connectivity index (χ3n) is 2.87. The van der Waals surface area contributed by atoms with Gasteiger partial charge in [-0.15, -0.1) is 0 Å². The van der Waals surface area contributed by atoms with Crippen LogP contribution in [0.1, 0.15) is 24.0 Å². The van der Waals surface area contributed by atoms with E-state index >= 15 is 0 Å². The second-order valence-electron chi connectivity index (χ2n) is 4.18. The molecule has 2 heteroatoms. The molecule has 0 heterocycles. The summed E-state index contributed by atoms with van der Waals surface area (Å²) in [5.41, 5.74) is 2.19. The van der Waals surface area contributed by atoms with Crippen LogP contribution in [0, 0.1) is 0 Å². The first-order valence-electron chi connectivity index (χ1n) is 5.67. The number of aliphatic hydroxyl groups excluding tert-OH is 1. The Labute approximate surface area is 107 Å². The largest absolute Gasteiger partial charge is 0.392 e. The number of aliphatic hydroxyl groups is 1. The van der Waals surface area contributed by atoms with Gasteiger partial charge in [-0.3, -0.25) is 0 Å². The van der Waals surface area contributed by atoms with Crippen molar-refractivity contribution in [3.05, 3.63) is 70.7 Å². The van der Waals surface area contributed by atoms with Crippen molar-refractivity contribution in [1.29, 1.82) is 0 Å². The molecule has 1 N–H and O–H groups in total. The molecule has 0 aliphatic carbocycles. The number of hydrogen-bond acceptors (Lipinski definition) is 1. The van der Waals surface area contributed by atoms with E-state index in [0.717, 1.165) is 11.1 Å². The maximum atomic E-state index is 9.96. The van der Waals surface area contributed by atoms with Gasteiger partial charge in [-0.25, -0.2) is 0 Å². The molecule has 2 atom stereocenters. The predicted molar refractivity (Wildman–Crippen MR) is 71.4 cm³/mol. The Morgan fingerprint density at radius 3 is 1.94 bits per heavy atom. The first kappa shape index (κ1) is 12.2. The third-order valence-corrected chi connectivity index (χ3v) is 3.12. The molecule has 2 aromatic rings. The van der Waals surface area contributed by atoms with Gasteiger partial charge in [0.15, 0.2) is 0 Å². The molecule has 0 fully saturated rings. The highest BCUT2D eigenvalue weighted by molar-refractivity contribution is 6.30. The summed E-state index contributed by atoms with van der Waals surface area (Å²) in [5, 5.41) is 10.7. The van der Waals surface area contributed by atoms with Gasteiger partial charge < -0.3 is 5.11 Å². The topological polar surface area (TPSA) is 20.2 Å². The number of benzene rings is 2. The number of hydrogen-bond donors (Lipinski definition) is 1. The molecule has 2 rings (SSSR count). The van der Waals surface area contributed by atoms with E-state index in [-0.39, 0.29) is 5.92 Å². The van der Waals surface area contributed by atoms with Gasteiger partial charge in [-0.2, -0.15) is 0 Å². The molecule has 0 aliphatic rings. The van der Waals surface area contributed by atoms with Crippen molar-refractivity contribution >= 4 is 11.6 Å². The Hall–Kier alpha value is -1.31. The van der Waals surface area contributed by atoms with Crippen LogP contribution in [0.3, 0.4) is 0 Å². The molecule has 0 radical (unpaired) electrons. The van der Waals surface area contributed by atoms with E-state index in [1.165, 1.54) is 0 Å². The van der Waals surface area contributed by atoms with E-state index < -0.39 is 6.10 Å². The molecule has 0 saturated carbocycles. The van der Waals surface area contributed by atoms with Crippen LogP contribution in [0.4, 0.5) is 0 Å². The lowest BCUT2D eigenvalue weighted by Gasteiger charge is -2.21. The lowest BCUT2D eigenvalue weighted by Crippen LogP contribution is -2.15. The van der Waals surface area contributed by atoms with Crippen LogP contribution in [0.2, 0.25) is 5.02 Å². The first-order chi connectivity index (χ1) is 8.18. The van der Waals surface area contributed by atoms with Crippen LogP contribution in [0.5, 0.6) is 0 Å². The molecular weight excluding hydrogens is 232 g/mol. The number of halogens is 1. The lowest BCUT2D eigenvalue weighted by atomic mass is 9.87. The summed E-state index contributed by atoms with van der Waals surface area (Å²) < 4.78 is 0. The molecule has 0 bridgehead atoms. The normalized spacial score (nSPS) is 14.3. The summed E-state index contributed by atoms with van der Waals surface area (Å²) in [7, 11) is 0. The zero-order valence-corrected chi connectivity index (χ0v) is 10.4. The standard InChI is InChI=1S/C15H15ClO/c1-11(17)15(12-5-3-2-4-6-12)13-7-9-14(16)10-8-13/h2-11,15,17H,1H3. The van der Waals surface area contributed by atoms with Crippen LogP contribution >= 0.6 is 11.6 Å². The van der Waals surface area contributed by atoms with Gasteiger partial charge in [0, 0.05) is 10.9 Å². The fraction of sp³-hybridized carbons (Fsp3) is 0.200. The molecule has 1 nitrogen and oxygen atoms in total. The molecule has 0 saturated heterocycles. The van der Waals surface area contributed by atoms with E-state index in [1.807, 2.05) is 61.5 Å². The van der Waals surface area contributed by atoms with Crippen LogP contribution in [0.25, 0.3) is 0 Å². The van der Waals surface area contributed by atoms with Crippen LogP contribution < -0.4 is 0 Å². The monoisotopic (exact) mass is 246 g/mol. The fourth-order valence-corrected chi connectivity index (χ4v) is 2.21. The summed E-state index contributed by atoms with van der Waals surface area (Å²) in [4.78, 5) is 0. The van der Waals surface area contributed by atoms with Crippen molar-refractivity contribution in [2.24, 2.45) is 0 Å². The highest BCUT2D eigenvalue weighted by Gasteiger charge is 2.18. The minimum atomic E-state index is -0.432. The average molecular weight is 247 g/mol. The van der Waals surface area contributed by atoms with E-state index in [2.05, 4.69) is 0 Å². The Morgan fingerprint density at radius 2 is 1.41 bits per heavy atom. The molecule has 2 unspecified atom stereocenters. The number of rotatable bonds is 3. The van der Waals surface area contributed by atoms with Crippen molar-refractivity contribution in [3.8, 4) is 0 Å². The highest BCUT2D eigenvalue weighted by atomic mass is 35.5. The molecule has 0 amide bonds. The van der Waals surface area contributed by atoms with Crippen molar-refractivity contribution in [3.63, 3.8) is 0 Å². The van der Waals surface area contributed by atoms with Gasteiger partial charge in [0.1, 0.15) is 0 Å². The van der Waals surface area contributed by atoms with Crippen molar-refractivity contribution in [1.82, 2.24) is 0 Å². The van der Waals surface area contributed by atoms with Crippen LogP contribution in [-0.4, -0.2) is 11.2 Å². The molecule has 0 aliphatic heterocycles. The minimum absolute atomic E-state index is 0.00605. The van der Waals surface area contributed by atoms with Gasteiger partial charge in [-0.05, 0) is 30.2 Å². The summed E-state index contributed by atoms with van der Waals surface area (Å²) in [6, 6.07) is 17.7. The third kappa shape index (κ3) is 2.87. The molecule has 2 aromatic carbocycles. The molecule has 0 aromatic heterocycles. The summed E-state index contributed by atoms with van der Waals surface area (Å²) in [5.74, 6) is -0.00605. The summed E-state index contributed by atoms with van der Waals surface area (Å²) in [6.45, 7) is 1.81. The second kappa shape index (κ2) is 5.35. The minimum Gasteiger partial charge on any atom is -0.392 e. The van der Waals surface area contributed by atoms with Crippen molar-refractivity contribution < 1.29 is 5.11 Å². The molecule has 17 heavy (non-hydrogen) atoms. The summed E-state index contributed by atoms with van der Waals surface area (Å²) in [6.07, 6.45) is -0.432. The highest BCUT2D eigenvalue weighted by Crippen LogP contribution is 2.28. The van der Waals surface area contributed by atoms with Crippen LogP contribution in [-0.2, 0) is 0 Å². The van der Waals surface area contributed by atoms with Gasteiger partial charge in [-0.1, -0.05) is 54.1 Å². The van der Waals surface area contributed by atoms with E-state index in [0.29, 0.717) is 5.02 Å². The smallest absolute Gasteiger partial charge is 0.0621 e. The Balaban J connectivity index is 2.39. The zero-order chi connectivity index (χ0) is 12.3. The van der Waals surface area contributed by atoms with Crippen molar-refractivity contribution in [2.75, 3.05) is 0 Å². The predicted octanol–water partition coefficient (Wildman–Crippen LogP) is 3.85. The van der Waals surface area contributed by atoms with Gasteiger partial charge in [0.2, 0.25) is 0 Å². The quantitative estimate of drug-likeness (QED) is 0.872. The maximum Gasteiger partial charge on any atom is 0.0621 e. The Bertz CT molecular complexity index is 462. The molecule has 88 valence electrons. The van der Waals surface area contributed by atoms with Gasteiger partial charge in [0.25, 0.3) is 0 Å². The van der Waals surface area contributed by atoms with Crippen molar-refractivity contribution in [2.45, 2.75) is 18.9 Å². The van der Waals surface area contributed by atoms with E-state index in [1.54, 1.807) is 0 Å². The van der Waals surface area contributed by atoms with Gasteiger partial charge >= 0.3 is 0 Å². The van der Waals surface area contributed by atoms with Gasteiger partial charge in [0.05, 0.1) is 6.10 Å². The lowest BCUT2D eigenvalue weighted by molar-refractivity contribution is 0.176. The van der Waals surface area contributed by atoms with Crippen LogP contribution in [0.15, 0.2) is 54.6 Å². The van der Waals surface area contributed by atoms with E-state index in [4.69, 9.17) is 11.6 Å². The molecular formula is C15H15ClO. The summed E-state index contributed by atoms with van der Waals surface area (Å²) >= 11 is 5.88. The average Bonchev–Trinajstić information content (AvgIpc) is 2.33. The fourth-order valence-electron chi connectivity index (χ4n) is 2.08. The maximum absolute atomic E-state index is 9.96. The zero-order valence-electron chi connectivity index (χ0n) is 9.68. The first-order valence-corrected chi connectivity index (χ1v) is 6.05. The molecule has 0 spiro atoms. The Kier molecular flexibility index (Phi) is 3.82. The van der Waals surface area contributed by atoms with E-state index in [9.17, 15) is 5.11 Å².